The van der Waals surface area contributed by atoms with Crippen molar-refractivity contribution in [1.29, 1.82) is 0 Å². The second kappa shape index (κ2) is 7.40. The van der Waals surface area contributed by atoms with Crippen molar-refractivity contribution < 1.29 is 14.2 Å². The van der Waals surface area contributed by atoms with Gasteiger partial charge < -0.3 is 19.9 Å². The van der Waals surface area contributed by atoms with Gasteiger partial charge in [-0.3, -0.25) is 4.90 Å². The first kappa shape index (κ1) is 15.9. The Morgan fingerprint density at radius 3 is 2.39 bits per heavy atom. The van der Waals surface area contributed by atoms with Crippen molar-refractivity contribution in [2.24, 2.45) is 5.73 Å². The van der Waals surface area contributed by atoms with Crippen LogP contribution >= 0.6 is 0 Å². The lowest BCUT2D eigenvalue weighted by molar-refractivity contribution is -0.112. The Kier molecular flexibility index (Phi) is 6.52. The summed E-state index contributed by atoms with van der Waals surface area (Å²) in [5.41, 5.74) is 6.07. The highest BCUT2D eigenvalue weighted by atomic mass is 16.5. The standard InChI is InChI=1S/C13H28N2O3/c1-11(9-17-3)15(5-6-16-2)13(10-14)7-12(8-13)18-4/h11-12H,5-10,14H2,1-4H3. The molecular weight excluding hydrogens is 232 g/mol. The molecule has 0 spiro atoms. The number of nitrogens with zero attached hydrogens (tertiary/aromatic N) is 1. The molecule has 0 bridgehead atoms. The predicted octanol–water partition coefficient (Wildman–Crippen LogP) is 0.476. The zero-order valence-electron chi connectivity index (χ0n) is 12.1. The molecule has 108 valence electrons. The highest BCUT2D eigenvalue weighted by Gasteiger charge is 2.48. The van der Waals surface area contributed by atoms with E-state index in [0.717, 1.165) is 19.4 Å². The van der Waals surface area contributed by atoms with Gasteiger partial charge in [0.15, 0.2) is 0 Å². The summed E-state index contributed by atoms with van der Waals surface area (Å²) >= 11 is 0. The van der Waals surface area contributed by atoms with E-state index in [4.69, 9.17) is 19.9 Å². The Morgan fingerprint density at radius 2 is 1.94 bits per heavy atom. The van der Waals surface area contributed by atoms with Gasteiger partial charge in [0.2, 0.25) is 0 Å². The molecule has 1 atom stereocenters. The van der Waals surface area contributed by atoms with E-state index in [-0.39, 0.29) is 5.54 Å². The minimum Gasteiger partial charge on any atom is -0.383 e. The van der Waals surface area contributed by atoms with Gasteiger partial charge in [-0.15, -0.1) is 0 Å². The third-order valence-corrected chi connectivity index (χ3v) is 4.01. The fourth-order valence-corrected chi connectivity index (χ4v) is 2.92. The Balaban J connectivity index is 2.67. The van der Waals surface area contributed by atoms with Gasteiger partial charge in [-0.25, -0.2) is 0 Å². The second-order valence-corrected chi connectivity index (χ2v) is 5.18. The van der Waals surface area contributed by atoms with E-state index >= 15 is 0 Å². The van der Waals surface area contributed by atoms with Gasteiger partial charge in [0.1, 0.15) is 0 Å². The number of methoxy groups -OCH3 is 3. The molecule has 0 aromatic rings. The van der Waals surface area contributed by atoms with Crippen LogP contribution < -0.4 is 5.73 Å². The molecule has 1 unspecified atom stereocenters. The molecule has 1 fully saturated rings. The first-order valence-electron chi connectivity index (χ1n) is 6.61. The predicted molar refractivity (Wildman–Crippen MR) is 71.7 cm³/mol. The molecule has 1 rings (SSSR count). The van der Waals surface area contributed by atoms with Crippen LogP contribution in [0.25, 0.3) is 0 Å². The summed E-state index contributed by atoms with van der Waals surface area (Å²) in [5, 5.41) is 0. The van der Waals surface area contributed by atoms with Gasteiger partial charge in [0, 0.05) is 46.0 Å². The molecule has 0 aromatic carbocycles. The van der Waals surface area contributed by atoms with E-state index in [1.54, 1.807) is 21.3 Å². The molecule has 0 amide bonds. The van der Waals surface area contributed by atoms with Crippen molar-refractivity contribution in [2.45, 2.75) is 37.5 Å². The van der Waals surface area contributed by atoms with Gasteiger partial charge >= 0.3 is 0 Å². The van der Waals surface area contributed by atoms with Crippen molar-refractivity contribution in [1.82, 2.24) is 4.90 Å². The molecule has 1 aliphatic carbocycles. The van der Waals surface area contributed by atoms with Crippen molar-refractivity contribution >= 4 is 0 Å². The van der Waals surface area contributed by atoms with Crippen LogP contribution in [-0.2, 0) is 14.2 Å². The van der Waals surface area contributed by atoms with Crippen molar-refractivity contribution in [2.75, 3.05) is 47.6 Å². The highest BCUT2D eigenvalue weighted by molar-refractivity contribution is 5.05. The van der Waals surface area contributed by atoms with Crippen molar-refractivity contribution in [3.05, 3.63) is 0 Å². The summed E-state index contributed by atoms with van der Waals surface area (Å²) in [5.74, 6) is 0. The SMILES string of the molecule is COCCN(C(C)COC)C1(CN)CC(OC)C1. The second-order valence-electron chi connectivity index (χ2n) is 5.18. The minimum atomic E-state index is 0.0527. The largest absolute Gasteiger partial charge is 0.383 e. The number of hydrogen-bond acceptors (Lipinski definition) is 5. The fraction of sp³-hybridized carbons (Fsp3) is 1.00. The Hall–Kier alpha value is -0.200. The third kappa shape index (κ3) is 3.42. The smallest absolute Gasteiger partial charge is 0.0615 e. The molecule has 0 heterocycles. The van der Waals surface area contributed by atoms with Crippen molar-refractivity contribution in [3.8, 4) is 0 Å². The first-order chi connectivity index (χ1) is 8.63. The van der Waals surface area contributed by atoms with Crippen LogP contribution in [0.15, 0.2) is 0 Å². The molecule has 5 nitrogen and oxygen atoms in total. The zero-order valence-corrected chi connectivity index (χ0v) is 12.1. The van der Waals surface area contributed by atoms with Crippen molar-refractivity contribution in [3.63, 3.8) is 0 Å². The average molecular weight is 260 g/mol. The number of hydrogen-bond donors (Lipinski definition) is 1. The quantitative estimate of drug-likeness (QED) is 0.653. The summed E-state index contributed by atoms with van der Waals surface area (Å²) in [4.78, 5) is 2.43. The van der Waals surface area contributed by atoms with E-state index in [1.807, 2.05) is 0 Å². The molecule has 1 saturated carbocycles. The zero-order chi connectivity index (χ0) is 13.6. The van der Waals surface area contributed by atoms with E-state index in [1.165, 1.54) is 0 Å². The number of ether oxygens (including phenoxy) is 3. The van der Waals surface area contributed by atoms with Gasteiger partial charge in [0.05, 0.1) is 19.3 Å². The van der Waals surface area contributed by atoms with Crippen LogP contribution in [0.1, 0.15) is 19.8 Å². The molecule has 0 aliphatic heterocycles. The first-order valence-corrected chi connectivity index (χ1v) is 6.61. The average Bonchev–Trinajstić information content (AvgIpc) is 2.32. The van der Waals surface area contributed by atoms with Gasteiger partial charge in [-0.05, 0) is 19.8 Å². The highest BCUT2D eigenvalue weighted by Crippen LogP contribution is 2.39. The molecular formula is C13H28N2O3. The van der Waals surface area contributed by atoms with Crippen LogP contribution in [0.4, 0.5) is 0 Å². The van der Waals surface area contributed by atoms with E-state index < -0.39 is 0 Å². The van der Waals surface area contributed by atoms with Crippen LogP contribution in [-0.4, -0.2) is 70.2 Å². The van der Waals surface area contributed by atoms with Crippen LogP contribution in [0.5, 0.6) is 0 Å². The maximum absolute atomic E-state index is 6.01. The third-order valence-electron chi connectivity index (χ3n) is 4.01. The number of nitrogens with two attached hydrogens (primary N) is 1. The number of rotatable bonds is 9. The molecule has 5 heteroatoms. The minimum absolute atomic E-state index is 0.0527. The summed E-state index contributed by atoms with van der Waals surface area (Å²) in [6.07, 6.45) is 2.34. The lowest BCUT2D eigenvalue weighted by atomic mass is 9.72. The van der Waals surface area contributed by atoms with Gasteiger partial charge in [-0.2, -0.15) is 0 Å². The van der Waals surface area contributed by atoms with E-state index in [9.17, 15) is 0 Å². The van der Waals surface area contributed by atoms with E-state index in [0.29, 0.717) is 31.9 Å². The summed E-state index contributed by atoms with van der Waals surface area (Å²) in [6, 6.07) is 0.339. The van der Waals surface area contributed by atoms with Crippen LogP contribution in [0.3, 0.4) is 0 Å². The maximum Gasteiger partial charge on any atom is 0.0615 e. The van der Waals surface area contributed by atoms with E-state index in [2.05, 4.69) is 11.8 Å². The summed E-state index contributed by atoms with van der Waals surface area (Å²) in [6.45, 7) is 5.15. The molecule has 2 N–H and O–H groups in total. The van der Waals surface area contributed by atoms with Crippen LogP contribution in [0.2, 0.25) is 0 Å². The van der Waals surface area contributed by atoms with Gasteiger partial charge in [-0.1, -0.05) is 0 Å². The topological polar surface area (TPSA) is 57.0 Å². The normalized spacial score (nSPS) is 29.3. The lowest BCUT2D eigenvalue weighted by Crippen LogP contribution is -2.67. The Bertz CT molecular complexity index is 232. The molecule has 0 radical (unpaired) electrons. The molecule has 18 heavy (non-hydrogen) atoms. The lowest BCUT2D eigenvalue weighted by Gasteiger charge is -2.55. The van der Waals surface area contributed by atoms with Gasteiger partial charge in [0.25, 0.3) is 0 Å². The molecule has 0 aromatic heterocycles. The maximum atomic E-state index is 6.01. The summed E-state index contributed by atoms with van der Waals surface area (Å²) in [7, 11) is 5.23. The molecule has 0 saturated heterocycles. The Labute approximate surface area is 111 Å². The van der Waals surface area contributed by atoms with Crippen LogP contribution in [0, 0.1) is 0 Å². The fourth-order valence-electron chi connectivity index (χ4n) is 2.92. The molecule has 1 aliphatic rings. The monoisotopic (exact) mass is 260 g/mol. The Morgan fingerprint density at radius 1 is 1.28 bits per heavy atom. The summed E-state index contributed by atoms with van der Waals surface area (Å²) < 4.78 is 15.9.